The van der Waals surface area contributed by atoms with E-state index in [9.17, 15) is 9.50 Å². The van der Waals surface area contributed by atoms with Gasteiger partial charge < -0.3 is 20.9 Å². The van der Waals surface area contributed by atoms with E-state index in [0.29, 0.717) is 24.5 Å². The Balaban J connectivity index is 2.04. The van der Waals surface area contributed by atoms with Gasteiger partial charge in [-0.1, -0.05) is 6.42 Å². The molecule has 0 bridgehead atoms. The molecule has 1 fully saturated rings. The van der Waals surface area contributed by atoms with Crippen molar-refractivity contribution >= 4 is 11.4 Å². The van der Waals surface area contributed by atoms with Gasteiger partial charge in [0, 0.05) is 24.6 Å². The Morgan fingerprint density at radius 3 is 2.89 bits per heavy atom. The summed E-state index contributed by atoms with van der Waals surface area (Å²) in [7, 11) is 0. The van der Waals surface area contributed by atoms with E-state index in [2.05, 4.69) is 5.32 Å². The zero-order chi connectivity index (χ0) is 13.8. The molecule has 0 aliphatic heterocycles. The summed E-state index contributed by atoms with van der Waals surface area (Å²) in [4.78, 5) is 0. The van der Waals surface area contributed by atoms with Crippen LogP contribution in [0.25, 0.3) is 0 Å². The Bertz CT molecular complexity index is 440. The molecule has 0 radical (unpaired) electrons. The first-order valence-electron chi connectivity index (χ1n) is 6.75. The van der Waals surface area contributed by atoms with Crippen molar-refractivity contribution in [2.24, 2.45) is 5.92 Å². The summed E-state index contributed by atoms with van der Waals surface area (Å²) in [5.41, 5.74) is 6.80. The normalized spacial score (nSPS) is 22.5. The molecule has 4 nitrogen and oxygen atoms in total. The number of ether oxygens (including phenoxy) is 1. The fourth-order valence-electron chi connectivity index (χ4n) is 2.48. The van der Waals surface area contributed by atoms with Crippen molar-refractivity contribution in [1.29, 1.82) is 0 Å². The van der Waals surface area contributed by atoms with Gasteiger partial charge in [0.05, 0.1) is 24.1 Å². The van der Waals surface area contributed by atoms with Gasteiger partial charge in [-0.3, -0.25) is 0 Å². The summed E-state index contributed by atoms with van der Waals surface area (Å²) in [5.74, 6) is -0.0167. The lowest BCUT2D eigenvalue weighted by Gasteiger charge is -2.18. The Morgan fingerprint density at radius 2 is 2.26 bits per heavy atom. The molecule has 2 rings (SSSR count). The first-order valence-corrected chi connectivity index (χ1v) is 6.75. The Kier molecular flexibility index (Phi) is 4.47. The number of nitrogens with one attached hydrogen (secondary N) is 1. The number of hydrogen-bond acceptors (Lipinski definition) is 4. The molecule has 106 valence electrons. The second-order valence-corrected chi connectivity index (χ2v) is 4.94. The maximum Gasteiger partial charge on any atom is 0.167 e. The van der Waals surface area contributed by atoms with Crippen molar-refractivity contribution in [3.63, 3.8) is 0 Å². The second-order valence-electron chi connectivity index (χ2n) is 4.94. The van der Waals surface area contributed by atoms with Crippen LogP contribution >= 0.6 is 0 Å². The Hall–Kier alpha value is -1.49. The number of halogens is 1. The van der Waals surface area contributed by atoms with Crippen LogP contribution in [0.2, 0.25) is 0 Å². The quantitative estimate of drug-likeness (QED) is 0.717. The van der Waals surface area contributed by atoms with Gasteiger partial charge in [-0.25, -0.2) is 4.39 Å². The molecule has 4 N–H and O–H groups in total. The maximum absolute atomic E-state index is 13.5. The van der Waals surface area contributed by atoms with E-state index < -0.39 is 5.82 Å². The number of nitrogen functional groups attached to an aromatic ring is 1. The predicted octanol–water partition coefficient (Wildman–Crippen LogP) is 2.38. The molecule has 5 heteroatoms. The molecule has 0 saturated heterocycles. The van der Waals surface area contributed by atoms with Gasteiger partial charge in [0.1, 0.15) is 0 Å². The van der Waals surface area contributed by atoms with Crippen molar-refractivity contribution in [3.05, 3.63) is 17.9 Å². The minimum absolute atomic E-state index is 0.200. The lowest BCUT2D eigenvalue weighted by Crippen LogP contribution is -2.22. The third-order valence-electron chi connectivity index (χ3n) is 3.58. The van der Waals surface area contributed by atoms with Crippen LogP contribution < -0.4 is 15.8 Å². The highest BCUT2D eigenvalue weighted by Crippen LogP contribution is 2.30. The molecule has 19 heavy (non-hydrogen) atoms. The SMILES string of the molecule is CCOc1cc(NCC2CCCC2O)c(N)cc1F. The van der Waals surface area contributed by atoms with Gasteiger partial charge in [-0.15, -0.1) is 0 Å². The van der Waals surface area contributed by atoms with Crippen LogP contribution in [-0.2, 0) is 0 Å². The van der Waals surface area contributed by atoms with E-state index in [1.165, 1.54) is 6.07 Å². The highest BCUT2D eigenvalue weighted by atomic mass is 19.1. The zero-order valence-electron chi connectivity index (χ0n) is 11.2. The standard InChI is InChI=1S/C14H21FN2O2/c1-2-19-14-7-12(11(16)6-10(14)15)17-8-9-4-3-5-13(9)18/h6-7,9,13,17-18H,2-5,8,16H2,1H3. The average molecular weight is 268 g/mol. The fourth-order valence-corrected chi connectivity index (χ4v) is 2.48. The van der Waals surface area contributed by atoms with Gasteiger partial charge in [0.2, 0.25) is 0 Å². The van der Waals surface area contributed by atoms with E-state index in [-0.39, 0.29) is 17.8 Å². The van der Waals surface area contributed by atoms with Crippen LogP contribution in [0, 0.1) is 11.7 Å². The summed E-state index contributed by atoms with van der Waals surface area (Å²) >= 11 is 0. The van der Waals surface area contributed by atoms with Gasteiger partial charge in [0.25, 0.3) is 0 Å². The number of benzene rings is 1. The summed E-state index contributed by atoms with van der Waals surface area (Å²) in [6.45, 7) is 2.85. The van der Waals surface area contributed by atoms with Gasteiger partial charge in [0.15, 0.2) is 11.6 Å². The summed E-state index contributed by atoms with van der Waals surface area (Å²) < 4.78 is 18.8. The molecule has 1 aromatic rings. The molecule has 0 amide bonds. The molecule has 0 heterocycles. The predicted molar refractivity (Wildman–Crippen MR) is 73.8 cm³/mol. The molecule has 0 spiro atoms. The van der Waals surface area contributed by atoms with Crippen molar-refractivity contribution < 1.29 is 14.2 Å². The van der Waals surface area contributed by atoms with Crippen molar-refractivity contribution in [2.75, 3.05) is 24.2 Å². The number of hydrogen-bond donors (Lipinski definition) is 3. The largest absolute Gasteiger partial charge is 0.491 e. The lowest BCUT2D eigenvalue weighted by molar-refractivity contribution is 0.138. The van der Waals surface area contributed by atoms with Gasteiger partial charge in [-0.2, -0.15) is 0 Å². The van der Waals surface area contributed by atoms with E-state index in [1.807, 2.05) is 0 Å². The number of rotatable bonds is 5. The van der Waals surface area contributed by atoms with E-state index in [0.717, 1.165) is 19.3 Å². The fraction of sp³-hybridized carbons (Fsp3) is 0.571. The highest BCUT2D eigenvalue weighted by molar-refractivity contribution is 5.68. The molecule has 2 unspecified atom stereocenters. The van der Waals surface area contributed by atoms with Crippen LogP contribution in [0.3, 0.4) is 0 Å². The number of nitrogens with two attached hydrogens (primary N) is 1. The molecular weight excluding hydrogens is 247 g/mol. The highest BCUT2D eigenvalue weighted by Gasteiger charge is 2.25. The van der Waals surface area contributed by atoms with Crippen molar-refractivity contribution in [3.8, 4) is 5.75 Å². The van der Waals surface area contributed by atoms with Crippen LogP contribution in [-0.4, -0.2) is 24.4 Å². The molecule has 2 atom stereocenters. The van der Waals surface area contributed by atoms with Crippen molar-refractivity contribution in [2.45, 2.75) is 32.3 Å². The van der Waals surface area contributed by atoms with E-state index >= 15 is 0 Å². The third-order valence-corrected chi connectivity index (χ3v) is 3.58. The lowest BCUT2D eigenvalue weighted by atomic mass is 10.1. The smallest absolute Gasteiger partial charge is 0.167 e. The monoisotopic (exact) mass is 268 g/mol. The van der Waals surface area contributed by atoms with Crippen LogP contribution in [0.5, 0.6) is 5.75 Å². The van der Waals surface area contributed by atoms with E-state index in [4.69, 9.17) is 10.5 Å². The van der Waals surface area contributed by atoms with Crippen LogP contribution in [0.15, 0.2) is 12.1 Å². The minimum Gasteiger partial charge on any atom is -0.491 e. The van der Waals surface area contributed by atoms with Crippen LogP contribution in [0.4, 0.5) is 15.8 Å². The molecular formula is C14H21FN2O2. The summed E-state index contributed by atoms with van der Waals surface area (Å²) in [6, 6.07) is 2.84. The topological polar surface area (TPSA) is 67.5 Å². The van der Waals surface area contributed by atoms with E-state index in [1.54, 1.807) is 13.0 Å². The molecule has 1 aromatic carbocycles. The molecule has 1 aliphatic carbocycles. The second kappa shape index (κ2) is 6.10. The van der Waals surface area contributed by atoms with Gasteiger partial charge >= 0.3 is 0 Å². The number of anilines is 2. The van der Waals surface area contributed by atoms with Crippen LogP contribution in [0.1, 0.15) is 26.2 Å². The first-order chi connectivity index (χ1) is 9.11. The Labute approximate surface area is 112 Å². The maximum atomic E-state index is 13.5. The molecule has 1 aliphatic rings. The minimum atomic E-state index is -0.453. The van der Waals surface area contributed by atoms with Crippen molar-refractivity contribution in [1.82, 2.24) is 0 Å². The Morgan fingerprint density at radius 1 is 1.47 bits per heavy atom. The molecule has 0 aromatic heterocycles. The molecule has 1 saturated carbocycles. The van der Waals surface area contributed by atoms with Gasteiger partial charge in [-0.05, 0) is 19.8 Å². The zero-order valence-corrected chi connectivity index (χ0v) is 11.2. The summed E-state index contributed by atoms with van der Waals surface area (Å²) in [6.07, 6.45) is 2.67. The third kappa shape index (κ3) is 3.29. The number of aliphatic hydroxyl groups excluding tert-OH is 1. The average Bonchev–Trinajstić information content (AvgIpc) is 2.77. The summed E-state index contributed by atoms with van der Waals surface area (Å²) in [5, 5.41) is 12.9. The number of aliphatic hydroxyl groups is 1. The first kappa shape index (κ1) is 13.9.